The van der Waals surface area contributed by atoms with Gasteiger partial charge in [-0.15, -0.1) is 11.3 Å². The molecule has 17 heavy (non-hydrogen) atoms. The van der Waals surface area contributed by atoms with Crippen molar-refractivity contribution in [1.29, 1.82) is 0 Å². The summed E-state index contributed by atoms with van der Waals surface area (Å²) in [4.78, 5) is 8.73. The highest BCUT2D eigenvalue weighted by atomic mass is 32.1. The summed E-state index contributed by atoms with van der Waals surface area (Å²) >= 11 is 1.45. The van der Waals surface area contributed by atoms with Crippen LogP contribution in [-0.2, 0) is 6.18 Å². The molecule has 0 atom stereocenters. The first-order valence-electron chi connectivity index (χ1n) is 4.85. The summed E-state index contributed by atoms with van der Waals surface area (Å²) in [6, 6.07) is 2.37. The number of aromatic nitrogens is 2. The summed E-state index contributed by atoms with van der Waals surface area (Å²) in [6.45, 7) is 3.79. The second-order valence-corrected chi connectivity index (χ2v) is 4.79. The van der Waals surface area contributed by atoms with Crippen molar-refractivity contribution in [3.63, 3.8) is 0 Å². The predicted molar refractivity (Wildman–Crippen MR) is 59.8 cm³/mol. The standard InChI is InChI=1S/C11H9F3N2S/c1-6-7(2)17-10(16-6)8-3-4-9(15-5-8)11(12,13)14/h3-5H,1-2H3. The fraction of sp³-hybridized carbons (Fsp3) is 0.273. The molecule has 0 aromatic carbocycles. The Morgan fingerprint density at radius 2 is 1.88 bits per heavy atom. The summed E-state index contributed by atoms with van der Waals surface area (Å²) < 4.78 is 36.9. The molecule has 0 N–H and O–H groups in total. The van der Waals surface area contributed by atoms with Crippen LogP contribution in [0.1, 0.15) is 16.3 Å². The van der Waals surface area contributed by atoms with E-state index in [0.29, 0.717) is 10.6 Å². The molecule has 0 saturated heterocycles. The van der Waals surface area contributed by atoms with E-state index in [4.69, 9.17) is 0 Å². The number of hydrogen-bond donors (Lipinski definition) is 0. The lowest BCUT2D eigenvalue weighted by Gasteiger charge is -2.05. The molecule has 2 rings (SSSR count). The molecule has 2 nitrogen and oxygen atoms in total. The topological polar surface area (TPSA) is 25.8 Å². The minimum atomic E-state index is -4.40. The van der Waals surface area contributed by atoms with Gasteiger partial charge in [-0.1, -0.05) is 0 Å². The van der Waals surface area contributed by atoms with Crippen molar-refractivity contribution in [3.8, 4) is 10.6 Å². The van der Waals surface area contributed by atoms with Gasteiger partial charge in [-0.2, -0.15) is 13.2 Å². The zero-order valence-electron chi connectivity index (χ0n) is 9.17. The fourth-order valence-corrected chi connectivity index (χ4v) is 2.19. The molecule has 0 aliphatic heterocycles. The molecule has 0 amide bonds. The van der Waals surface area contributed by atoms with Crippen molar-refractivity contribution >= 4 is 11.3 Å². The average molecular weight is 258 g/mol. The van der Waals surface area contributed by atoms with Gasteiger partial charge < -0.3 is 0 Å². The van der Waals surface area contributed by atoms with Crippen LogP contribution in [0.3, 0.4) is 0 Å². The summed E-state index contributed by atoms with van der Waals surface area (Å²) in [6.07, 6.45) is -3.19. The van der Waals surface area contributed by atoms with Crippen molar-refractivity contribution in [2.75, 3.05) is 0 Å². The molecule has 90 valence electrons. The number of hydrogen-bond acceptors (Lipinski definition) is 3. The maximum atomic E-state index is 12.3. The molecular weight excluding hydrogens is 249 g/mol. The maximum Gasteiger partial charge on any atom is 0.433 e. The highest BCUT2D eigenvalue weighted by Crippen LogP contribution is 2.30. The van der Waals surface area contributed by atoms with Gasteiger partial charge in [0.15, 0.2) is 0 Å². The number of aryl methyl sites for hydroxylation is 2. The Balaban J connectivity index is 2.36. The van der Waals surface area contributed by atoms with Crippen LogP contribution >= 0.6 is 11.3 Å². The van der Waals surface area contributed by atoms with E-state index in [1.54, 1.807) is 0 Å². The fourth-order valence-electron chi connectivity index (χ4n) is 1.28. The van der Waals surface area contributed by atoms with Crippen molar-refractivity contribution in [2.24, 2.45) is 0 Å². The largest absolute Gasteiger partial charge is 0.433 e. The first-order valence-corrected chi connectivity index (χ1v) is 5.67. The molecular formula is C11H9F3N2S. The minimum Gasteiger partial charge on any atom is -0.251 e. The van der Waals surface area contributed by atoms with E-state index in [-0.39, 0.29) is 0 Å². The molecule has 2 heterocycles. The molecule has 0 aliphatic rings. The van der Waals surface area contributed by atoms with Crippen LogP contribution in [0.15, 0.2) is 18.3 Å². The Labute approximate surface area is 100 Å². The average Bonchev–Trinajstić information content (AvgIpc) is 2.58. The molecule has 0 saturated carbocycles. The normalized spacial score (nSPS) is 11.8. The number of nitrogens with zero attached hydrogens (tertiary/aromatic N) is 2. The Hall–Kier alpha value is -1.43. The third-order valence-corrected chi connectivity index (χ3v) is 3.45. The third kappa shape index (κ3) is 2.46. The van der Waals surface area contributed by atoms with Crippen molar-refractivity contribution in [1.82, 2.24) is 9.97 Å². The van der Waals surface area contributed by atoms with E-state index < -0.39 is 11.9 Å². The number of rotatable bonds is 1. The molecule has 0 radical (unpaired) electrons. The van der Waals surface area contributed by atoms with Gasteiger partial charge in [0.2, 0.25) is 0 Å². The van der Waals surface area contributed by atoms with Crippen LogP contribution in [0, 0.1) is 13.8 Å². The maximum absolute atomic E-state index is 12.3. The van der Waals surface area contributed by atoms with Gasteiger partial charge in [0.25, 0.3) is 0 Å². The predicted octanol–water partition coefficient (Wildman–Crippen LogP) is 3.84. The van der Waals surface area contributed by atoms with Crippen LogP contribution in [0.2, 0.25) is 0 Å². The number of thiazole rings is 1. The Morgan fingerprint density at radius 3 is 2.29 bits per heavy atom. The van der Waals surface area contributed by atoms with E-state index in [9.17, 15) is 13.2 Å². The van der Waals surface area contributed by atoms with Crippen LogP contribution in [0.4, 0.5) is 13.2 Å². The van der Waals surface area contributed by atoms with Gasteiger partial charge in [0, 0.05) is 16.6 Å². The smallest absolute Gasteiger partial charge is 0.251 e. The van der Waals surface area contributed by atoms with Crippen LogP contribution < -0.4 is 0 Å². The molecule has 0 unspecified atom stereocenters. The molecule has 2 aromatic heterocycles. The summed E-state index contributed by atoms with van der Waals surface area (Å²) in [5.41, 5.74) is 0.621. The van der Waals surface area contributed by atoms with Crippen LogP contribution in [-0.4, -0.2) is 9.97 Å². The summed E-state index contributed by atoms with van der Waals surface area (Å²) in [7, 11) is 0. The second-order valence-electron chi connectivity index (χ2n) is 3.59. The summed E-state index contributed by atoms with van der Waals surface area (Å²) in [5, 5.41) is 0.696. The first-order chi connectivity index (χ1) is 7.88. The minimum absolute atomic E-state index is 0.610. The van der Waals surface area contributed by atoms with Crippen molar-refractivity contribution in [2.45, 2.75) is 20.0 Å². The van der Waals surface area contributed by atoms with Gasteiger partial charge in [0.1, 0.15) is 10.7 Å². The zero-order chi connectivity index (χ0) is 12.6. The molecule has 0 aliphatic carbocycles. The zero-order valence-corrected chi connectivity index (χ0v) is 9.99. The molecule has 0 spiro atoms. The van der Waals surface area contributed by atoms with Crippen molar-refractivity contribution in [3.05, 3.63) is 34.6 Å². The highest BCUT2D eigenvalue weighted by molar-refractivity contribution is 7.15. The Morgan fingerprint density at radius 1 is 1.18 bits per heavy atom. The van der Waals surface area contributed by atoms with Gasteiger partial charge >= 0.3 is 6.18 Å². The van der Waals surface area contributed by atoms with Gasteiger partial charge in [-0.05, 0) is 26.0 Å². The van der Waals surface area contributed by atoms with E-state index in [0.717, 1.165) is 16.6 Å². The first kappa shape index (κ1) is 12.0. The van der Waals surface area contributed by atoms with E-state index in [1.807, 2.05) is 13.8 Å². The van der Waals surface area contributed by atoms with Gasteiger partial charge in [-0.25, -0.2) is 4.98 Å². The lowest BCUT2D eigenvalue weighted by molar-refractivity contribution is -0.141. The van der Waals surface area contributed by atoms with Crippen LogP contribution in [0.25, 0.3) is 10.6 Å². The third-order valence-electron chi connectivity index (χ3n) is 2.33. The quantitative estimate of drug-likeness (QED) is 0.776. The van der Waals surface area contributed by atoms with Crippen LogP contribution in [0.5, 0.6) is 0 Å². The second kappa shape index (κ2) is 4.10. The molecule has 2 aromatic rings. The Bertz CT molecular complexity index is 509. The number of alkyl halides is 3. The van der Waals surface area contributed by atoms with Gasteiger partial charge in [0.05, 0.1) is 5.69 Å². The number of pyridine rings is 1. The monoisotopic (exact) mass is 258 g/mol. The highest BCUT2D eigenvalue weighted by Gasteiger charge is 2.32. The molecule has 0 bridgehead atoms. The Kier molecular flexibility index (Phi) is 2.91. The number of halogens is 3. The summed E-state index contributed by atoms with van der Waals surface area (Å²) in [5.74, 6) is 0. The van der Waals surface area contributed by atoms with Crippen molar-refractivity contribution < 1.29 is 13.2 Å². The lowest BCUT2D eigenvalue weighted by Crippen LogP contribution is -2.07. The SMILES string of the molecule is Cc1nc(-c2ccc(C(F)(F)F)nc2)sc1C. The van der Waals surface area contributed by atoms with E-state index in [1.165, 1.54) is 23.6 Å². The molecule has 0 fully saturated rings. The van der Waals surface area contributed by atoms with E-state index >= 15 is 0 Å². The lowest BCUT2D eigenvalue weighted by atomic mass is 10.2. The van der Waals surface area contributed by atoms with E-state index in [2.05, 4.69) is 9.97 Å². The van der Waals surface area contributed by atoms with Gasteiger partial charge in [-0.3, -0.25) is 4.98 Å². The molecule has 6 heteroatoms.